The molecule has 2 amide bonds. The zero-order chi connectivity index (χ0) is 8.43. The Bertz CT molecular complexity index is 154. The fraction of sp³-hybridized carbons (Fsp3) is 0.857. The topological polar surface area (TPSA) is 72.3 Å². The predicted molar refractivity (Wildman–Crippen MR) is 42.9 cm³/mol. The first kappa shape index (κ1) is 8.33. The molecule has 4 nitrogen and oxygen atoms in total. The molecule has 0 saturated heterocycles. The largest absolute Gasteiger partial charge is 0.351 e. The molecule has 64 valence electrons. The van der Waals surface area contributed by atoms with Crippen LogP contribution in [0.3, 0.4) is 0 Å². The summed E-state index contributed by atoms with van der Waals surface area (Å²) in [6, 6.07) is -0.00764. The minimum Gasteiger partial charge on any atom is -0.351 e. The highest BCUT2D eigenvalue weighted by Crippen LogP contribution is 2.25. The van der Waals surface area contributed by atoms with Gasteiger partial charge in [0, 0.05) is 19.6 Å². The Balaban J connectivity index is 2.16. The molecule has 0 aromatic carbocycles. The van der Waals surface area contributed by atoms with Crippen molar-refractivity contribution in [3.05, 3.63) is 0 Å². The summed E-state index contributed by atoms with van der Waals surface area (Å²) in [5.74, 6) is 0.572. The van der Waals surface area contributed by atoms with Crippen molar-refractivity contribution in [1.82, 2.24) is 4.90 Å². The predicted octanol–water partition coefficient (Wildman–Crippen LogP) is -0.266. The summed E-state index contributed by atoms with van der Waals surface area (Å²) in [5.41, 5.74) is 10.6. The van der Waals surface area contributed by atoms with Gasteiger partial charge in [0.15, 0.2) is 0 Å². The number of carbonyl (C=O) groups excluding carboxylic acids is 1. The average molecular weight is 157 g/mol. The van der Waals surface area contributed by atoms with Gasteiger partial charge >= 0.3 is 6.03 Å². The Morgan fingerprint density at radius 2 is 2.18 bits per heavy atom. The zero-order valence-corrected chi connectivity index (χ0v) is 6.79. The lowest BCUT2D eigenvalue weighted by Gasteiger charge is -2.34. The molecule has 0 aromatic heterocycles. The third-order valence-electron chi connectivity index (χ3n) is 2.18. The molecule has 1 saturated carbocycles. The van der Waals surface area contributed by atoms with E-state index in [4.69, 9.17) is 11.5 Å². The molecule has 0 spiro atoms. The Hall–Kier alpha value is -0.770. The lowest BCUT2D eigenvalue weighted by Crippen LogP contribution is -2.44. The summed E-state index contributed by atoms with van der Waals surface area (Å²) in [5, 5.41) is 0. The van der Waals surface area contributed by atoms with E-state index in [0.29, 0.717) is 12.0 Å². The summed E-state index contributed by atoms with van der Waals surface area (Å²) in [4.78, 5) is 12.1. The summed E-state index contributed by atoms with van der Waals surface area (Å²) >= 11 is 0. The van der Waals surface area contributed by atoms with Gasteiger partial charge in [-0.25, -0.2) is 4.79 Å². The van der Waals surface area contributed by atoms with Crippen LogP contribution in [0.15, 0.2) is 0 Å². The number of primary amides is 1. The van der Waals surface area contributed by atoms with Crippen LogP contribution < -0.4 is 11.5 Å². The third-order valence-corrected chi connectivity index (χ3v) is 2.18. The van der Waals surface area contributed by atoms with E-state index in [1.54, 1.807) is 7.05 Å². The van der Waals surface area contributed by atoms with Crippen LogP contribution in [-0.2, 0) is 0 Å². The molecule has 1 rings (SSSR count). The molecule has 0 aliphatic heterocycles. The fourth-order valence-electron chi connectivity index (χ4n) is 1.41. The number of rotatable bonds is 2. The van der Waals surface area contributed by atoms with Gasteiger partial charge in [0.25, 0.3) is 0 Å². The van der Waals surface area contributed by atoms with Gasteiger partial charge in [0.2, 0.25) is 0 Å². The zero-order valence-electron chi connectivity index (χ0n) is 6.79. The van der Waals surface area contributed by atoms with Gasteiger partial charge in [0.1, 0.15) is 0 Å². The Morgan fingerprint density at radius 3 is 2.55 bits per heavy atom. The summed E-state index contributed by atoms with van der Waals surface area (Å²) < 4.78 is 0. The van der Waals surface area contributed by atoms with Crippen molar-refractivity contribution in [1.29, 1.82) is 0 Å². The second-order valence-electron chi connectivity index (χ2n) is 3.32. The normalized spacial score (nSPS) is 29.3. The minimum atomic E-state index is -0.356. The van der Waals surface area contributed by atoms with Gasteiger partial charge in [-0.15, -0.1) is 0 Å². The molecule has 0 unspecified atom stereocenters. The first-order valence-electron chi connectivity index (χ1n) is 3.85. The number of amides is 2. The van der Waals surface area contributed by atoms with E-state index < -0.39 is 0 Å². The van der Waals surface area contributed by atoms with Crippen molar-refractivity contribution in [2.24, 2.45) is 17.4 Å². The number of nitrogens with zero attached hydrogens (tertiary/aromatic N) is 1. The third kappa shape index (κ3) is 2.08. The second kappa shape index (κ2) is 3.09. The van der Waals surface area contributed by atoms with Crippen LogP contribution >= 0.6 is 0 Å². The van der Waals surface area contributed by atoms with Crippen LogP contribution in [0.4, 0.5) is 4.79 Å². The van der Waals surface area contributed by atoms with Crippen molar-refractivity contribution in [2.45, 2.75) is 18.9 Å². The van der Waals surface area contributed by atoms with Crippen molar-refractivity contribution < 1.29 is 4.79 Å². The molecule has 4 N–H and O–H groups in total. The summed E-state index contributed by atoms with van der Waals surface area (Å²) in [6.45, 7) is 0.753. The van der Waals surface area contributed by atoms with Crippen molar-refractivity contribution >= 4 is 6.03 Å². The van der Waals surface area contributed by atoms with E-state index in [1.165, 1.54) is 4.90 Å². The highest BCUT2D eigenvalue weighted by Gasteiger charge is 2.27. The number of carbonyl (C=O) groups is 1. The second-order valence-corrected chi connectivity index (χ2v) is 3.32. The van der Waals surface area contributed by atoms with E-state index in [-0.39, 0.29) is 6.03 Å². The Morgan fingerprint density at radius 1 is 1.64 bits per heavy atom. The molecule has 4 heteroatoms. The molecule has 1 aliphatic carbocycles. The molecule has 1 fully saturated rings. The van der Waals surface area contributed by atoms with E-state index >= 15 is 0 Å². The van der Waals surface area contributed by atoms with Crippen LogP contribution in [0.2, 0.25) is 0 Å². The summed E-state index contributed by atoms with van der Waals surface area (Å²) in [7, 11) is 1.71. The molecule has 0 atom stereocenters. The number of nitrogens with two attached hydrogens (primary N) is 2. The molecule has 0 radical (unpaired) electrons. The van der Waals surface area contributed by atoms with Crippen LogP contribution in [-0.4, -0.2) is 30.6 Å². The quantitative estimate of drug-likeness (QED) is 0.579. The monoisotopic (exact) mass is 157 g/mol. The highest BCUT2D eigenvalue weighted by atomic mass is 16.2. The molecule has 0 aromatic rings. The first-order chi connectivity index (χ1) is 5.09. The van der Waals surface area contributed by atoms with E-state index in [9.17, 15) is 4.79 Å². The van der Waals surface area contributed by atoms with Crippen molar-refractivity contribution in [3.8, 4) is 0 Å². The molecular formula is C7H15N3O. The molecular weight excluding hydrogens is 142 g/mol. The van der Waals surface area contributed by atoms with Crippen LogP contribution in [0, 0.1) is 5.92 Å². The fourth-order valence-corrected chi connectivity index (χ4v) is 1.41. The minimum absolute atomic E-state index is 0.348. The van der Waals surface area contributed by atoms with E-state index in [1.807, 2.05) is 0 Å². The highest BCUT2D eigenvalue weighted by molar-refractivity contribution is 5.71. The smallest absolute Gasteiger partial charge is 0.314 e. The number of hydrogen-bond acceptors (Lipinski definition) is 2. The number of urea groups is 1. The maximum Gasteiger partial charge on any atom is 0.314 e. The Kier molecular flexibility index (Phi) is 2.34. The first-order valence-corrected chi connectivity index (χ1v) is 3.85. The Labute approximate surface area is 66.5 Å². The standard InChI is InChI=1S/C7H15N3O/c1-10(7(9)11)4-5-2-6(8)3-5/h5-6H,2-4,8H2,1H3,(H2,9,11). The van der Waals surface area contributed by atoms with Crippen LogP contribution in [0.25, 0.3) is 0 Å². The number of hydrogen-bond donors (Lipinski definition) is 2. The van der Waals surface area contributed by atoms with Gasteiger partial charge in [-0.2, -0.15) is 0 Å². The van der Waals surface area contributed by atoms with Crippen LogP contribution in [0.1, 0.15) is 12.8 Å². The maximum atomic E-state index is 10.6. The molecule has 0 bridgehead atoms. The van der Waals surface area contributed by atoms with Gasteiger partial charge in [0.05, 0.1) is 0 Å². The summed E-state index contributed by atoms with van der Waals surface area (Å²) in [6.07, 6.45) is 2.05. The molecule has 1 aliphatic rings. The van der Waals surface area contributed by atoms with Gasteiger partial charge in [-0.05, 0) is 18.8 Å². The lowest BCUT2D eigenvalue weighted by molar-refractivity contribution is 0.179. The molecule has 11 heavy (non-hydrogen) atoms. The SMILES string of the molecule is CN(CC1CC(N)C1)C(N)=O. The van der Waals surface area contributed by atoms with E-state index in [2.05, 4.69) is 0 Å². The lowest BCUT2D eigenvalue weighted by atomic mass is 9.81. The van der Waals surface area contributed by atoms with Crippen LogP contribution in [0.5, 0.6) is 0 Å². The average Bonchev–Trinajstić information content (AvgIpc) is 1.84. The maximum absolute atomic E-state index is 10.6. The van der Waals surface area contributed by atoms with Gasteiger partial charge in [-0.3, -0.25) is 0 Å². The van der Waals surface area contributed by atoms with Gasteiger partial charge < -0.3 is 16.4 Å². The van der Waals surface area contributed by atoms with Crippen molar-refractivity contribution in [3.63, 3.8) is 0 Å². The van der Waals surface area contributed by atoms with E-state index in [0.717, 1.165) is 19.4 Å². The van der Waals surface area contributed by atoms with Crippen molar-refractivity contribution in [2.75, 3.05) is 13.6 Å². The molecule has 0 heterocycles. The van der Waals surface area contributed by atoms with Gasteiger partial charge in [-0.1, -0.05) is 0 Å².